The molecule has 0 unspecified atom stereocenters. The van der Waals surface area contributed by atoms with Gasteiger partial charge in [-0.25, -0.2) is 0 Å². The highest BCUT2D eigenvalue weighted by Crippen LogP contribution is 2.21. The van der Waals surface area contributed by atoms with Crippen LogP contribution in [0, 0.1) is 6.92 Å². The molecule has 0 aromatic heterocycles. The molecule has 0 heterocycles. The van der Waals surface area contributed by atoms with E-state index in [0.717, 1.165) is 11.1 Å². The second-order valence-electron chi connectivity index (χ2n) is 4.38. The molecule has 1 N–H and O–H groups in total. The summed E-state index contributed by atoms with van der Waals surface area (Å²) in [4.78, 5) is 22.9. The molecular formula is C15H21NO4. The minimum absolute atomic E-state index is 0.0505. The smallest absolute Gasteiger partial charge is 0.319 e. The van der Waals surface area contributed by atoms with Crippen molar-refractivity contribution in [3.63, 3.8) is 0 Å². The number of hydrogen-bond donors (Lipinski definition) is 1. The van der Waals surface area contributed by atoms with E-state index in [4.69, 9.17) is 4.74 Å². The van der Waals surface area contributed by atoms with E-state index in [-0.39, 0.29) is 30.9 Å². The zero-order valence-electron chi connectivity index (χ0n) is 12.1. The van der Waals surface area contributed by atoms with E-state index in [9.17, 15) is 9.59 Å². The Balaban J connectivity index is 2.81. The number of carbonyl (C=O) groups excluding carboxylic acids is 2. The number of methoxy groups -OCH3 is 1. The van der Waals surface area contributed by atoms with Gasteiger partial charge >= 0.3 is 11.9 Å². The molecule has 0 radical (unpaired) electrons. The van der Waals surface area contributed by atoms with Crippen molar-refractivity contribution in [1.82, 2.24) is 5.32 Å². The summed E-state index contributed by atoms with van der Waals surface area (Å²) in [5.41, 5.74) is 2.03. The third-order valence-corrected chi connectivity index (χ3v) is 2.96. The lowest BCUT2D eigenvalue weighted by Gasteiger charge is -2.19. The van der Waals surface area contributed by atoms with Crippen molar-refractivity contribution in [2.24, 2.45) is 0 Å². The third-order valence-electron chi connectivity index (χ3n) is 2.96. The van der Waals surface area contributed by atoms with Crippen LogP contribution in [0.1, 0.15) is 30.5 Å². The highest BCUT2D eigenvalue weighted by molar-refractivity contribution is 5.72. The molecule has 1 aromatic rings. The van der Waals surface area contributed by atoms with Gasteiger partial charge in [-0.3, -0.25) is 14.9 Å². The second kappa shape index (κ2) is 8.32. The van der Waals surface area contributed by atoms with Crippen LogP contribution in [-0.2, 0) is 19.1 Å². The van der Waals surface area contributed by atoms with E-state index in [1.165, 1.54) is 7.11 Å². The van der Waals surface area contributed by atoms with Gasteiger partial charge in [0.05, 0.1) is 26.7 Å². The van der Waals surface area contributed by atoms with Crippen LogP contribution in [0.5, 0.6) is 0 Å². The van der Waals surface area contributed by atoms with Crippen molar-refractivity contribution in [2.45, 2.75) is 26.3 Å². The van der Waals surface area contributed by atoms with E-state index in [2.05, 4.69) is 10.1 Å². The van der Waals surface area contributed by atoms with Gasteiger partial charge in [-0.15, -0.1) is 0 Å². The molecular weight excluding hydrogens is 258 g/mol. The number of nitrogens with one attached hydrogen (secondary N) is 1. The van der Waals surface area contributed by atoms with Gasteiger partial charge in [-0.05, 0) is 25.0 Å². The Kier molecular flexibility index (Phi) is 6.73. The van der Waals surface area contributed by atoms with Crippen molar-refractivity contribution in [2.75, 3.05) is 20.3 Å². The maximum absolute atomic E-state index is 11.7. The van der Waals surface area contributed by atoms with Crippen LogP contribution in [-0.4, -0.2) is 32.2 Å². The summed E-state index contributed by atoms with van der Waals surface area (Å²) in [5, 5.41) is 3.04. The van der Waals surface area contributed by atoms with Gasteiger partial charge < -0.3 is 9.47 Å². The lowest BCUT2D eigenvalue weighted by molar-refractivity contribution is -0.144. The standard InChI is InChI=1S/C15H21NO4/c1-4-20-14(17)9-13(16-10-15(18)19-3)12-8-6-5-7-11(12)2/h5-8,13,16H,4,9-10H2,1-3H3/t13-/m0/s1. The number of rotatable bonds is 7. The first kappa shape index (κ1) is 16.2. The van der Waals surface area contributed by atoms with Crippen molar-refractivity contribution < 1.29 is 19.1 Å². The van der Waals surface area contributed by atoms with E-state index >= 15 is 0 Å². The van der Waals surface area contributed by atoms with Crippen molar-refractivity contribution >= 4 is 11.9 Å². The number of ether oxygens (including phenoxy) is 2. The van der Waals surface area contributed by atoms with E-state index in [0.29, 0.717) is 6.61 Å². The van der Waals surface area contributed by atoms with E-state index in [1.54, 1.807) is 6.92 Å². The molecule has 0 aliphatic heterocycles. The zero-order chi connectivity index (χ0) is 15.0. The first-order valence-electron chi connectivity index (χ1n) is 6.59. The summed E-state index contributed by atoms with van der Waals surface area (Å²) in [6.45, 7) is 4.13. The molecule has 0 saturated carbocycles. The molecule has 5 heteroatoms. The normalized spacial score (nSPS) is 11.8. The molecule has 20 heavy (non-hydrogen) atoms. The highest BCUT2D eigenvalue weighted by Gasteiger charge is 2.19. The van der Waals surface area contributed by atoms with Crippen molar-refractivity contribution in [3.05, 3.63) is 35.4 Å². The molecule has 0 aliphatic carbocycles. The minimum Gasteiger partial charge on any atom is -0.468 e. The van der Waals surface area contributed by atoms with Crippen molar-refractivity contribution in [3.8, 4) is 0 Å². The topological polar surface area (TPSA) is 64.6 Å². The first-order chi connectivity index (χ1) is 9.58. The van der Waals surface area contributed by atoms with Gasteiger partial charge in [0.15, 0.2) is 0 Å². The predicted octanol–water partition coefficient (Wildman–Crippen LogP) is 1.75. The van der Waals surface area contributed by atoms with Crippen LogP contribution in [0.25, 0.3) is 0 Å². The Morgan fingerprint density at radius 1 is 1.25 bits per heavy atom. The minimum atomic E-state index is -0.368. The molecule has 0 amide bonds. The van der Waals surface area contributed by atoms with Crippen LogP contribution in [0.4, 0.5) is 0 Å². The average molecular weight is 279 g/mol. The summed E-state index contributed by atoms with van der Waals surface area (Å²) >= 11 is 0. The average Bonchev–Trinajstić information content (AvgIpc) is 2.44. The van der Waals surface area contributed by atoms with Gasteiger partial charge in [0, 0.05) is 6.04 Å². The van der Waals surface area contributed by atoms with Gasteiger partial charge in [0.1, 0.15) is 0 Å². The molecule has 0 aliphatic rings. The number of esters is 2. The summed E-state index contributed by atoms with van der Waals surface area (Å²) in [5.74, 6) is -0.662. The fourth-order valence-corrected chi connectivity index (χ4v) is 1.94. The van der Waals surface area contributed by atoms with E-state index < -0.39 is 0 Å². The van der Waals surface area contributed by atoms with Crippen LogP contribution >= 0.6 is 0 Å². The van der Waals surface area contributed by atoms with Crippen LogP contribution < -0.4 is 5.32 Å². The quantitative estimate of drug-likeness (QED) is 0.770. The Hall–Kier alpha value is -1.88. The van der Waals surface area contributed by atoms with Gasteiger partial charge in [-0.2, -0.15) is 0 Å². The van der Waals surface area contributed by atoms with Crippen LogP contribution in [0.3, 0.4) is 0 Å². The molecule has 0 bridgehead atoms. The largest absolute Gasteiger partial charge is 0.468 e. The van der Waals surface area contributed by atoms with Gasteiger partial charge in [0.2, 0.25) is 0 Å². The number of benzene rings is 1. The summed E-state index contributed by atoms with van der Waals surface area (Å²) in [6.07, 6.45) is 0.176. The SMILES string of the molecule is CCOC(=O)C[C@H](NCC(=O)OC)c1ccccc1C. The lowest BCUT2D eigenvalue weighted by atomic mass is 9.99. The Morgan fingerprint density at radius 2 is 1.95 bits per heavy atom. The summed E-state index contributed by atoms with van der Waals surface area (Å²) in [6, 6.07) is 7.46. The number of carbonyl (C=O) groups is 2. The molecule has 1 atom stereocenters. The monoisotopic (exact) mass is 279 g/mol. The molecule has 110 valence electrons. The highest BCUT2D eigenvalue weighted by atomic mass is 16.5. The molecule has 5 nitrogen and oxygen atoms in total. The molecule has 1 aromatic carbocycles. The fourth-order valence-electron chi connectivity index (χ4n) is 1.94. The first-order valence-corrected chi connectivity index (χ1v) is 6.59. The Morgan fingerprint density at radius 3 is 2.55 bits per heavy atom. The second-order valence-corrected chi connectivity index (χ2v) is 4.38. The fraction of sp³-hybridized carbons (Fsp3) is 0.467. The van der Waals surface area contributed by atoms with Crippen LogP contribution in [0.2, 0.25) is 0 Å². The van der Waals surface area contributed by atoms with Gasteiger partial charge in [-0.1, -0.05) is 24.3 Å². The number of aryl methyl sites for hydroxylation is 1. The zero-order valence-corrected chi connectivity index (χ0v) is 12.1. The van der Waals surface area contributed by atoms with Crippen molar-refractivity contribution in [1.29, 1.82) is 0 Å². The number of hydrogen-bond acceptors (Lipinski definition) is 5. The molecule has 0 spiro atoms. The predicted molar refractivity (Wildman–Crippen MR) is 75.2 cm³/mol. The Bertz CT molecular complexity index is 459. The summed E-state index contributed by atoms with van der Waals surface area (Å²) < 4.78 is 9.57. The summed E-state index contributed by atoms with van der Waals surface area (Å²) in [7, 11) is 1.33. The maximum Gasteiger partial charge on any atom is 0.319 e. The van der Waals surface area contributed by atoms with E-state index in [1.807, 2.05) is 31.2 Å². The Labute approximate surface area is 119 Å². The van der Waals surface area contributed by atoms with Crippen LogP contribution in [0.15, 0.2) is 24.3 Å². The third kappa shape index (κ3) is 5.01. The lowest BCUT2D eigenvalue weighted by Crippen LogP contribution is -2.30. The maximum atomic E-state index is 11.7. The van der Waals surface area contributed by atoms with Gasteiger partial charge in [0.25, 0.3) is 0 Å². The molecule has 0 saturated heterocycles. The molecule has 0 fully saturated rings. The molecule has 1 rings (SSSR count).